The highest BCUT2D eigenvalue weighted by atomic mass is 19.1. The van der Waals surface area contributed by atoms with Gasteiger partial charge >= 0.3 is 6.09 Å². The van der Waals surface area contributed by atoms with Crippen molar-refractivity contribution in [2.75, 3.05) is 19.6 Å². The van der Waals surface area contributed by atoms with E-state index in [1.165, 1.54) is 12.1 Å². The number of nitrogens with two attached hydrogens (primary N) is 1. The van der Waals surface area contributed by atoms with Crippen molar-refractivity contribution < 1.29 is 19.0 Å². The fraction of sp³-hybridized carbons (Fsp3) is 0.606. The molecule has 1 amide bonds. The largest absolute Gasteiger partial charge is 0.507 e. The summed E-state index contributed by atoms with van der Waals surface area (Å²) in [6.07, 6.45) is 1.29. The number of halogens is 1. The van der Waals surface area contributed by atoms with Crippen molar-refractivity contribution in [2.24, 2.45) is 5.73 Å². The molecular formula is C33H48FN3O3. The average Bonchev–Trinajstić information content (AvgIpc) is 2.82. The van der Waals surface area contributed by atoms with Crippen LogP contribution in [-0.2, 0) is 21.2 Å². The van der Waals surface area contributed by atoms with Crippen LogP contribution in [0.3, 0.4) is 0 Å². The number of benzene rings is 2. The van der Waals surface area contributed by atoms with Gasteiger partial charge in [-0.3, -0.25) is 4.90 Å². The number of carbonyl (C=O) groups excluding carboxylic acids is 1. The molecule has 2 saturated heterocycles. The molecule has 0 bridgehead atoms. The normalized spacial score (nSPS) is 23.2. The van der Waals surface area contributed by atoms with Gasteiger partial charge in [0.05, 0.1) is 0 Å². The first-order valence-electron chi connectivity index (χ1n) is 14.5. The molecule has 2 unspecified atom stereocenters. The monoisotopic (exact) mass is 553 g/mol. The van der Waals surface area contributed by atoms with Crippen LogP contribution in [0.5, 0.6) is 5.75 Å². The van der Waals surface area contributed by atoms with Crippen molar-refractivity contribution >= 4 is 6.09 Å². The summed E-state index contributed by atoms with van der Waals surface area (Å²) in [5.41, 5.74) is 9.21. The summed E-state index contributed by atoms with van der Waals surface area (Å²) in [4.78, 5) is 16.8. The molecule has 0 aromatic heterocycles. The van der Waals surface area contributed by atoms with Crippen LogP contribution in [0.25, 0.3) is 0 Å². The van der Waals surface area contributed by atoms with E-state index in [2.05, 4.69) is 58.6 Å². The lowest BCUT2D eigenvalue weighted by Crippen LogP contribution is -2.72. The van der Waals surface area contributed by atoms with Gasteiger partial charge in [-0.1, -0.05) is 53.7 Å². The first kappa shape index (κ1) is 30.3. The molecular weight excluding hydrogens is 505 g/mol. The van der Waals surface area contributed by atoms with Gasteiger partial charge in [0.2, 0.25) is 0 Å². The number of piperidine rings is 1. The highest BCUT2D eigenvalue weighted by Crippen LogP contribution is 2.52. The minimum Gasteiger partial charge on any atom is -0.507 e. The van der Waals surface area contributed by atoms with Crippen molar-refractivity contribution in [1.82, 2.24) is 9.80 Å². The number of hydrogen-bond acceptors (Lipinski definition) is 5. The Morgan fingerprint density at radius 3 is 1.90 bits per heavy atom. The van der Waals surface area contributed by atoms with Gasteiger partial charge in [-0.2, -0.15) is 0 Å². The van der Waals surface area contributed by atoms with Crippen molar-refractivity contribution in [2.45, 2.75) is 109 Å². The second-order valence-electron chi connectivity index (χ2n) is 14.7. The summed E-state index contributed by atoms with van der Waals surface area (Å²) in [6, 6.07) is 11.0. The van der Waals surface area contributed by atoms with Crippen LogP contribution < -0.4 is 5.73 Å². The Labute approximate surface area is 239 Å². The van der Waals surface area contributed by atoms with Gasteiger partial charge in [-0.25, -0.2) is 9.18 Å². The van der Waals surface area contributed by atoms with Crippen LogP contribution in [-0.4, -0.2) is 52.3 Å². The van der Waals surface area contributed by atoms with Gasteiger partial charge in [-0.15, -0.1) is 0 Å². The van der Waals surface area contributed by atoms with E-state index in [0.717, 1.165) is 41.6 Å². The number of carbonyl (C=O) groups is 1. The third kappa shape index (κ3) is 5.87. The molecule has 2 aliphatic rings. The number of amides is 1. The Hall–Kier alpha value is -2.64. The number of likely N-dealkylation sites (tertiary alicyclic amines) is 2. The van der Waals surface area contributed by atoms with E-state index in [1.54, 1.807) is 4.90 Å². The molecule has 6 nitrogen and oxygen atoms in total. The van der Waals surface area contributed by atoms with Gasteiger partial charge in [0.15, 0.2) is 0 Å². The molecule has 2 aromatic carbocycles. The summed E-state index contributed by atoms with van der Waals surface area (Å²) >= 11 is 0. The smallest absolute Gasteiger partial charge is 0.410 e. The van der Waals surface area contributed by atoms with E-state index in [0.29, 0.717) is 18.8 Å². The van der Waals surface area contributed by atoms with Crippen LogP contribution in [0.4, 0.5) is 9.18 Å². The second-order valence-corrected chi connectivity index (χ2v) is 14.7. The zero-order chi connectivity index (χ0) is 29.8. The predicted molar refractivity (Wildman–Crippen MR) is 158 cm³/mol. The van der Waals surface area contributed by atoms with Gasteiger partial charge in [0, 0.05) is 31.6 Å². The maximum absolute atomic E-state index is 13.9. The van der Waals surface area contributed by atoms with Gasteiger partial charge < -0.3 is 20.5 Å². The third-order valence-electron chi connectivity index (χ3n) is 8.40. The van der Waals surface area contributed by atoms with Crippen molar-refractivity contribution in [1.29, 1.82) is 0 Å². The first-order chi connectivity index (χ1) is 18.3. The van der Waals surface area contributed by atoms with E-state index in [4.69, 9.17) is 10.5 Å². The molecule has 40 heavy (non-hydrogen) atoms. The van der Waals surface area contributed by atoms with E-state index >= 15 is 0 Å². The Balaban J connectivity index is 1.74. The Morgan fingerprint density at radius 2 is 1.45 bits per heavy atom. The van der Waals surface area contributed by atoms with Crippen LogP contribution >= 0.6 is 0 Å². The quantitative estimate of drug-likeness (QED) is 0.440. The van der Waals surface area contributed by atoms with Gasteiger partial charge in [0.25, 0.3) is 0 Å². The molecule has 0 radical (unpaired) electrons. The van der Waals surface area contributed by atoms with E-state index in [-0.39, 0.29) is 34.7 Å². The molecule has 2 atom stereocenters. The molecule has 2 aromatic rings. The molecule has 2 fully saturated rings. The number of nitrogens with zero attached hydrogens (tertiary/aromatic N) is 2. The summed E-state index contributed by atoms with van der Waals surface area (Å²) in [5, 5.41) is 11.4. The van der Waals surface area contributed by atoms with Crippen molar-refractivity contribution in [3.8, 4) is 5.75 Å². The zero-order valence-electron chi connectivity index (χ0n) is 25.8. The van der Waals surface area contributed by atoms with Gasteiger partial charge in [-0.05, 0) is 91.0 Å². The molecule has 7 heteroatoms. The molecule has 0 spiro atoms. The van der Waals surface area contributed by atoms with Crippen LogP contribution in [0.15, 0.2) is 36.4 Å². The first-order valence-corrected chi connectivity index (χ1v) is 14.5. The van der Waals surface area contributed by atoms with Crippen molar-refractivity contribution in [3.05, 3.63) is 64.5 Å². The van der Waals surface area contributed by atoms with E-state index in [1.807, 2.05) is 32.9 Å². The maximum Gasteiger partial charge on any atom is 0.410 e. The fourth-order valence-electron chi connectivity index (χ4n) is 6.14. The lowest BCUT2D eigenvalue weighted by molar-refractivity contribution is -0.0921. The molecule has 3 N–H and O–H groups in total. The van der Waals surface area contributed by atoms with Gasteiger partial charge in [0.1, 0.15) is 22.8 Å². The average molecular weight is 554 g/mol. The number of phenols is 1. The SMILES string of the molecule is CC(C)(C)OC(=O)N1CCC(N2CC(c3ccc(F)cc3)C2(N)c2cc(C(C)(C)C)c(O)c(C(C)(C)C)c2)CC1. The standard InChI is InChI=1S/C33H48FN3O3/c1-30(2,3)25-18-22(19-26(28(25)38)31(4,5)6)33(35)27(21-10-12-23(34)13-11-21)20-37(33)24-14-16-36(17-15-24)29(39)40-32(7,8)9/h10-13,18-19,24,27,38H,14-17,20,35H2,1-9H3. The summed E-state index contributed by atoms with van der Waals surface area (Å²) < 4.78 is 19.5. The minimum absolute atomic E-state index is 0.0536. The Kier molecular flexibility index (Phi) is 7.83. The fourth-order valence-corrected chi connectivity index (χ4v) is 6.14. The summed E-state index contributed by atoms with van der Waals surface area (Å²) in [6.45, 7) is 20.2. The van der Waals surface area contributed by atoms with E-state index < -0.39 is 11.3 Å². The summed E-state index contributed by atoms with van der Waals surface area (Å²) in [7, 11) is 0. The Morgan fingerprint density at radius 1 is 0.950 bits per heavy atom. The number of ether oxygens (including phenoxy) is 1. The number of aromatic hydroxyl groups is 1. The molecule has 220 valence electrons. The minimum atomic E-state index is -0.857. The van der Waals surface area contributed by atoms with Crippen LogP contribution in [0, 0.1) is 5.82 Å². The number of hydrogen-bond donors (Lipinski definition) is 2. The lowest BCUT2D eigenvalue weighted by atomic mass is 9.68. The second kappa shape index (κ2) is 10.3. The molecule has 0 saturated carbocycles. The highest BCUT2D eigenvalue weighted by Gasteiger charge is 2.55. The number of phenolic OH excluding ortho intramolecular Hbond substituents is 1. The maximum atomic E-state index is 13.9. The van der Waals surface area contributed by atoms with Crippen LogP contribution in [0.1, 0.15) is 103 Å². The van der Waals surface area contributed by atoms with E-state index in [9.17, 15) is 14.3 Å². The number of rotatable bonds is 3. The molecule has 2 aliphatic heterocycles. The zero-order valence-corrected chi connectivity index (χ0v) is 25.8. The van der Waals surface area contributed by atoms with Crippen LogP contribution in [0.2, 0.25) is 0 Å². The predicted octanol–water partition coefficient (Wildman–Crippen LogP) is 6.74. The molecule has 4 rings (SSSR count). The summed E-state index contributed by atoms with van der Waals surface area (Å²) in [5.74, 6) is -0.00359. The Bertz CT molecular complexity index is 1200. The molecule has 2 heterocycles. The lowest BCUT2D eigenvalue weighted by Gasteiger charge is -2.61. The third-order valence-corrected chi connectivity index (χ3v) is 8.40. The topological polar surface area (TPSA) is 79.0 Å². The van der Waals surface area contributed by atoms with Crippen molar-refractivity contribution in [3.63, 3.8) is 0 Å². The highest BCUT2D eigenvalue weighted by molar-refractivity contribution is 5.68. The molecule has 0 aliphatic carbocycles.